The van der Waals surface area contributed by atoms with E-state index in [1.54, 1.807) is 0 Å². The number of rotatable bonds is 4. The molecule has 28 heavy (non-hydrogen) atoms. The van der Waals surface area contributed by atoms with Crippen molar-refractivity contribution in [3.05, 3.63) is 88.1 Å². The lowest BCUT2D eigenvalue weighted by atomic mass is 9.98. The molecule has 0 aliphatic rings. The summed E-state index contributed by atoms with van der Waals surface area (Å²) in [4.78, 5) is 21.2. The van der Waals surface area contributed by atoms with Crippen molar-refractivity contribution in [3.8, 4) is 22.8 Å². The average molecular weight is 370 g/mol. The van der Waals surface area contributed by atoms with E-state index in [-0.39, 0.29) is 11.5 Å². The van der Waals surface area contributed by atoms with Crippen LogP contribution in [0.2, 0.25) is 0 Å². The van der Waals surface area contributed by atoms with Crippen molar-refractivity contribution in [2.45, 2.75) is 19.8 Å². The van der Waals surface area contributed by atoms with Crippen molar-refractivity contribution in [1.29, 1.82) is 0 Å². The maximum atomic E-state index is 13.0. The molecule has 6 heteroatoms. The summed E-state index contributed by atoms with van der Waals surface area (Å²) >= 11 is 0. The summed E-state index contributed by atoms with van der Waals surface area (Å²) in [5.74, 6) is 1.35. The fourth-order valence-corrected chi connectivity index (χ4v) is 3.17. The summed E-state index contributed by atoms with van der Waals surface area (Å²) in [6.07, 6.45) is 1.50. The molecule has 2 heterocycles. The molecule has 4 rings (SSSR count). The van der Waals surface area contributed by atoms with Gasteiger partial charge in [0.2, 0.25) is 5.69 Å². The number of nitrogens with zero attached hydrogens (tertiary/aromatic N) is 3. The number of hydrogen-bond donors (Lipinski definition) is 1. The van der Waals surface area contributed by atoms with Crippen LogP contribution in [0.1, 0.15) is 25.3 Å². The maximum absolute atomic E-state index is 13.0. The first kappa shape index (κ1) is 17.6. The predicted molar refractivity (Wildman–Crippen MR) is 108 cm³/mol. The topological polar surface area (TPSA) is 63.8 Å². The number of nitrogens with one attached hydrogen (secondary N) is 1. The fraction of sp³-hybridized carbons (Fsp3) is 0.136. The minimum absolute atomic E-state index is 0.0368. The first-order chi connectivity index (χ1) is 13.6. The minimum Gasteiger partial charge on any atom is -0.457 e. The van der Waals surface area contributed by atoms with Gasteiger partial charge in [-0.15, -0.1) is 0 Å². The van der Waals surface area contributed by atoms with E-state index >= 15 is 0 Å². The summed E-state index contributed by atoms with van der Waals surface area (Å²) in [6, 6.07) is 17.0. The lowest BCUT2D eigenvalue weighted by molar-refractivity contribution is 0.483. The molecule has 0 amide bonds. The van der Waals surface area contributed by atoms with Gasteiger partial charge in [0, 0.05) is 17.3 Å². The normalized spacial score (nSPS) is 10.9. The highest BCUT2D eigenvalue weighted by Crippen LogP contribution is 2.31. The second-order valence-corrected chi connectivity index (χ2v) is 6.71. The molecule has 0 aliphatic heterocycles. The van der Waals surface area contributed by atoms with Gasteiger partial charge in [-0.1, -0.05) is 44.2 Å². The molecule has 138 valence electrons. The second kappa shape index (κ2) is 7.05. The van der Waals surface area contributed by atoms with Crippen LogP contribution in [0.3, 0.4) is 0 Å². The predicted octanol–water partition coefficient (Wildman–Crippen LogP) is 5.16. The van der Waals surface area contributed by atoms with E-state index in [1.807, 2.05) is 68.4 Å². The smallest absolute Gasteiger partial charge is 0.275 e. The van der Waals surface area contributed by atoms with Crippen molar-refractivity contribution in [2.24, 2.45) is 0 Å². The molecule has 2 aromatic heterocycles. The summed E-state index contributed by atoms with van der Waals surface area (Å²) in [5.41, 5.74) is 2.38. The number of H-pyrrole nitrogens is 1. The third kappa shape index (κ3) is 3.03. The molecular formula is C22H18N4O2. The van der Waals surface area contributed by atoms with Gasteiger partial charge >= 0.3 is 0 Å². The molecule has 6 nitrogen and oxygen atoms in total. The van der Waals surface area contributed by atoms with Crippen LogP contribution in [0.15, 0.2) is 65.6 Å². The number of aromatic nitrogens is 3. The van der Waals surface area contributed by atoms with Crippen LogP contribution in [0.5, 0.6) is 11.5 Å². The van der Waals surface area contributed by atoms with Crippen LogP contribution in [-0.4, -0.2) is 14.6 Å². The monoisotopic (exact) mass is 370 g/mol. The Morgan fingerprint density at radius 2 is 1.86 bits per heavy atom. The van der Waals surface area contributed by atoms with Crippen molar-refractivity contribution in [3.63, 3.8) is 0 Å². The molecule has 0 unspecified atom stereocenters. The van der Waals surface area contributed by atoms with Gasteiger partial charge < -0.3 is 9.84 Å². The quantitative estimate of drug-likeness (QED) is 0.505. The van der Waals surface area contributed by atoms with E-state index in [0.29, 0.717) is 28.3 Å². The molecular weight excluding hydrogens is 352 g/mol. The van der Waals surface area contributed by atoms with Crippen molar-refractivity contribution in [1.82, 2.24) is 14.6 Å². The SMILES string of the molecule is [C-]#[N+]c1c[nH]n2c(=O)c(C(C)C)c(-c3cccc(Oc4ccccc4)c3)nc12. The zero-order chi connectivity index (χ0) is 19.7. The van der Waals surface area contributed by atoms with Crippen LogP contribution >= 0.6 is 0 Å². The summed E-state index contributed by atoms with van der Waals surface area (Å²) in [5, 5.41) is 2.83. The molecule has 0 spiro atoms. The molecule has 1 N–H and O–H groups in total. The van der Waals surface area contributed by atoms with Gasteiger partial charge in [0.05, 0.1) is 12.3 Å². The van der Waals surface area contributed by atoms with Gasteiger partial charge in [0.1, 0.15) is 11.5 Å². The van der Waals surface area contributed by atoms with Gasteiger partial charge in [-0.2, -0.15) is 0 Å². The molecule has 0 radical (unpaired) electrons. The number of aromatic amines is 1. The highest BCUT2D eigenvalue weighted by atomic mass is 16.5. The molecule has 0 fully saturated rings. The Morgan fingerprint density at radius 3 is 2.57 bits per heavy atom. The van der Waals surface area contributed by atoms with Crippen LogP contribution in [0.4, 0.5) is 5.69 Å². The Labute approximate surface area is 161 Å². The number of hydrogen-bond acceptors (Lipinski definition) is 3. The Hall–Kier alpha value is -3.85. The van der Waals surface area contributed by atoms with E-state index in [4.69, 9.17) is 11.3 Å². The molecule has 4 aromatic rings. The van der Waals surface area contributed by atoms with Crippen molar-refractivity contribution in [2.75, 3.05) is 0 Å². The number of ether oxygens (including phenoxy) is 1. The van der Waals surface area contributed by atoms with Crippen LogP contribution in [0, 0.1) is 6.57 Å². The third-order valence-corrected chi connectivity index (χ3v) is 4.46. The van der Waals surface area contributed by atoms with Crippen molar-refractivity contribution < 1.29 is 4.74 Å². The largest absolute Gasteiger partial charge is 0.457 e. The van der Waals surface area contributed by atoms with Gasteiger partial charge in [0.15, 0.2) is 5.65 Å². The first-order valence-electron chi connectivity index (χ1n) is 8.93. The first-order valence-corrected chi connectivity index (χ1v) is 8.93. The lowest BCUT2D eigenvalue weighted by Crippen LogP contribution is -2.22. The second-order valence-electron chi connectivity index (χ2n) is 6.71. The third-order valence-electron chi connectivity index (χ3n) is 4.46. The van der Waals surface area contributed by atoms with Crippen LogP contribution in [-0.2, 0) is 0 Å². The van der Waals surface area contributed by atoms with E-state index in [0.717, 1.165) is 11.3 Å². The molecule has 0 saturated carbocycles. The summed E-state index contributed by atoms with van der Waals surface area (Å²) < 4.78 is 7.25. The molecule has 0 aliphatic carbocycles. The van der Waals surface area contributed by atoms with Crippen LogP contribution < -0.4 is 10.3 Å². The van der Waals surface area contributed by atoms with E-state index in [1.165, 1.54) is 10.7 Å². The highest BCUT2D eigenvalue weighted by molar-refractivity contribution is 5.73. The van der Waals surface area contributed by atoms with Gasteiger partial charge in [-0.25, -0.2) is 14.3 Å². The van der Waals surface area contributed by atoms with Gasteiger partial charge in [0.25, 0.3) is 5.56 Å². The number of fused-ring (bicyclic) bond motifs is 1. The lowest BCUT2D eigenvalue weighted by Gasteiger charge is -2.13. The Bertz CT molecular complexity index is 1250. The Morgan fingerprint density at radius 1 is 1.11 bits per heavy atom. The fourth-order valence-electron chi connectivity index (χ4n) is 3.17. The molecule has 0 saturated heterocycles. The average Bonchev–Trinajstić information content (AvgIpc) is 3.12. The Kier molecular flexibility index (Phi) is 4.42. The number of para-hydroxylation sites is 1. The molecule has 0 bridgehead atoms. The van der Waals surface area contributed by atoms with E-state index in [9.17, 15) is 4.79 Å². The zero-order valence-corrected chi connectivity index (χ0v) is 15.5. The highest BCUT2D eigenvalue weighted by Gasteiger charge is 2.20. The summed E-state index contributed by atoms with van der Waals surface area (Å²) in [7, 11) is 0. The van der Waals surface area contributed by atoms with Crippen molar-refractivity contribution >= 4 is 11.3 Å². The van der Waals surface area contributed by atoms with Gasteiger partial charge in [-0.3, -0.25) is 4.79 Å². The zero-order valence-electron chi connectivity index (χ0n) is 15.5. The Balaban J connectivity index is 1.89. The maximum Gasteiger partial charge on any atom is 0.275 e. The van der Waals surface area contributed by atoms with Gasteiger partial charge in [-0.05, 0) is 30.2 Å². The standard InChI is InChI=1S/C22H18N4O2/c1-14(2)19-20(25-21-18(23-3)13-24-26(21)22(19)27)15-8-7-11-17(12-15)28-16-9-5-4-6-10-16/h4-14,24H,1-2H3. The van der Waals surface area contributed by atoms with E-state index in [2.05, 4.69) is 14.9 Å². The van der Waals surface area contributed by atoms with Crippen LogP contribution in [0.25, 0.3) is 21.7 Å². The molecule has 2 aromatic carbocycles. The molecule has 0 atom stereocenters. The van der Waals surface area contributed by atoms with E-state index < -0.39 is 0 Å². The number of benzene rings is 2. The minimum atomic E-state index is -0.195. The summed E-state index contributed by atoms with van der Waals surface area (Å²) in [6.45, 7) is 11.2.